The van der Waals surface area contributed by atoms with E-state index in [0.29, 0.717) is 11.4 Å². The lowest BCUT2D eigenvalue weighted by molar-refractivity contribution is 0.0934. The molecule has 0 fully saturated rings. The first-order valence-corrected chi connectivity index (χ1v) is 9.45. The molecule has 1 atom stereocenters. The summed E-state index contributed by atoms with van der Waals surface area (Å²) >= 11 is 1.35. The fraction of sp³-hybridized carbons (Fsp3) is 0.0952. The van der Waals surface area contributed by atoms with Crippen LogP contribution in [0.1, 0.15) is 27.5 Å². The minimum Gasteiger partial charge on any atom is -0.345 e. The van der Waals surface area contributed by atoms with Gasteiger partial charge in [0.1, 0.15) is 5.56 Å². The molecule has 0 saturated carbocycles. The molecule has 0 saturated heterocycles. The number of hydrogen-bond acceptors (Lipinski definition) is 4. The number of rotatable bonds is 5. The molecule has 1 N–H and O–H groups in total. The highest BCUT2D eigenvalue weighted by Crippen LogP contribution is 2.19. The predicted molar refractivity (Wildman–Crippen MR) is 106 cm³/mol. The van der Waals surface area contributed by atoms with Crippen molar-refractivity contribution in [2.75, 3.05) is 0 Å². The molecule has 0 aliphatic heterocycles. The van der Waals surface area contributed by atoms with Crippen LogP contribution < -0.4 is 10.9 Å². The van der Waals surface area contributed by atoms with Gasteiger partial charge in [-0.15, -0.1) is 11.3 Å². The molecule has 4 aromatic rings. The molecule has 2 heterocycles. The molecule has 1 amide bonds. The van der Waals surface area contributed by atoms with E-state index in [9.17, 15) is 9.59 Å². The van der Waals surface area contributed by atoms with Gasteiger partial charge >= 0.3 is 0 Å². The van der Waals surface area contributed by atoms with Crippen LogP contribution in [0, 0.1) is 0 Å². The highest BCUT2D eigenvalue weighted by atomic mass is 32.1. The number of thiazole rings is 1. The molecular weight excluding hydrogens is 358 g/mol. The van der Waals surface area contributed by atoms with Gasteiger partial charge in [0.2, 0.25) is 0 Å². The Kier molecular flexibility index (Phi) is 4.80. The standard InChI is InChI=1S/C21H17N3O2S/c25-19(17-14-22-21-24(20(17)26)11-12-27-21)23-18(16-9-5-2-6-10-16)13-15-7-3-1-4-8-15/h1-12,14,18H,13H2,(H,23,25). The summed E-state index contributed by atoms with van der Waals surface area (Å²) < 4.78 is 1.40. The van der Waals surface area contributed by atoms with E-state index < -0.39 is 5.91 Å². The average Bonchev–Trinajstić information content (AvgIpc) is 3.19. The lowest BCUT2D eigenvalue weighted by Crippen LogP contribution is -2.34. The number of hydrogen-bond donors (Lipinski definition) is 1. The molecule has 0 aliphatic carbocycles. The Labute approximate surface area is 160 Å². The number of fused-ring (bicyclic) bond motifs is 1. The van der Waals surface area contributed by atoms with Crippen molar-refractivity contribution in [2.24, 2.45) is 0 Å². The van der Waals surface area contributed by atoms with E-state index in [0.717, 1.165) is 11.1 Å². The molecule has 27 heavy (non-hydrogen) atoms. The Balaban J connectivity index is 1.65. The second-order valence-electron chi connectivity index (χ2n) is 6.16. The quantitative estimate of drug-likeness (QED) is 0.581. The third-order valence-corrected chi connectivity index (χ3v) is 5.15. The lowest BCUT2D eigenvalue weighted by atomic mass is 9.98. The van der Waals surface area contributed by atoms with Crippen LogP contribution in [0.2, 0.25) is 0 Å². The molecule has 0 radical (unpaired) electrons. The van der Waals surface area contributed by atoms with Gasteiger partial charge in [-0.3, -0.25) is 14.0 Å². The van der Waals surface area contributed by atoms with Crippen molar-refractivity contribution in [2.45, 2.75) is 12.5 Å². The highest BCUT2D eigenvalue weighted by Gasteiger charge is 2.19. The summed E-state index contributed by atoms with van der Waals surface area (Å²) in [4.78, 5) is 30.2. The van der Waals surface area contributed by atoms with Crippen LogP contribution >= 0.6 is 11.3 Å². The fourth-order valence-electron chi connectivity index (χ4n) is 3.00. The zero-order chi connectivity index (χ0) is 18.6. The van der Waals surface area contributed by atoms with Gasteiger partial charge in [0.25, 0.3) is 11.5 Å². The first-order valence-electron chi connectivity index (χ1n) is 8.57. The number of aromatic nitrogens is 2. The normalized spacial score (nSPS) is 12.0. The second kappa shape index (κ2) is 7.55. The van der Waals surface area contributed by atoms with Crippen molar-refractivity contribution in [3.05, 3.63) is 105 Å². The minimum absolute atomic E-state index is 0.0416. The summed E-state index contributed by atoms with van der Waals surface area (Å²) in [5.74, 6) is -0.419. The smallest absolute Gasteiger partial charge is 0.271 e. The Morgan fingerprint density at radius 1 is 1.07 bits per heavy atom. The molecule has 0 bridgehead atoms. The van der Waals surface area contributed by atoms with E-state index >= 15 is 0 Å². The van der Waals surface area contributed by atoms with Gasteiger partial charge in [0, 0.05) is 17.8 Å². The number of carbonyl (C=O) groups excluding carboxylic acids is 1. The monoisotopic (exact) mass is 375 g/mol. The van der Waals surface area contributed by atoms with E-state index in [1.165, 1.54) is 21.9 Å². The van der Waals surface area contributed by atoms with E-state index in [4.69, 9.17) is 0 Å². The van der Waals surface area contributed by atoms with Crippen LogP contribution in [0.3, 0.4) is 0 Å². The maximum atomic E-state index is 12.8. The van der Waals surface area contributed by atoms with Crippen molar-refractivity contribution in [3.8, 4) is 0 Å². The van der Waals surface area contributed by atoms with E-state index in [1.807, 2.05) is 60.7 Å². The summed E-state index contributed by atoms with van der Waals surface area (Å²) in [6.45, 7) is 0. The van der Waals surface area contributed by atoms with E-state index in [-0.39, 0.29) is 17.2 Å². The molecule has 4 rings (SSSR count). The maximum absolute atomic E-state index is 12.8. The number of nitrogens with one attached hydrogen (secondary N) is 1. The largest absolute Gasteiger partial charge is 0.345 e. The molecule has 134 valence electrons. The molecule has 6 heteroatoms. The van der Waals surface area contributed by atoms with Gasteiger partial charge in [-0.25, -0.2) is 4.98 Å². The first-order chi connectivity index (χ1) is 13.2. The van der Waals surface area contributed by atoms with Crippen LogP contribution in [0.15, 0.2) is 83.2 Å². The Morgan fingerprint density at radius 2 is 1.78 bits per heavy atom. The van der Waals surface area contributed by atoms with Gasteiger partial charge in [-0.2, -0.15) is 0 Å². The van der Waals surface area contributed by atoms with Crippen molar-refractivity contribution >= 4 is 22.2 Å². The number of benzene rings is 2. The van der Waals surface area contributed by atoms with Crippen molar-refractivity contribution in [3.63, 3.8) is 0 Å². The SMILES string of the molecule is O=C(NC(Cc1ccccc1)c1ccccc1)c1cnc2sccn2c1=O. The van der Waals surface area contributed by atoms with E-state index in [2.05, 4.69) is 10.3 Å². The van der Waals surface area contributed by atoms with Crippen molar-refractivity contribution in [1.29, 1.82) is 0 Å². The zero-order valence-electron chi connectivity index (χ0n) is 14.4. The van der Waals surface area contributed by atoms with Crippen LogP contribution in [0.25, 0.3) is 4.96 Å². The molecule has 2 aromatic carbocycles. The first kappa shape index (κ1) is 17.2. The fourth-order valence-corrected chi connectivity index (χ4v) is 3.68. The summed E-state index contributed by atoms with van der Waals surface area (Å²) in [6, 6.07) is 19.5. The maximum Gasteiger partial charge on any atom is 0.271 e. The van der Waals surface area contributed by atoms with Gasteiger partial charge in [0.15, 0.2) is 4.96 Å². The molecule has 0 spiro atoms. The second-order valence-corrected chi connectivity index (χ2v) is 7.03. The van der Waals surface area contributed by atoms with Crippen LogP contribution in [-0.4, -0.2) is 15.3 Å². The third kappa shape index (κ3) is 3.66. The number of amides is 1. The van der Waals surface area contributed by atoms with Gasteiger partial charge in [-0.1, -0.05) is 60.7 Å². The van der Waals surface area contributed by atoms with Crippen LogP contribution in [0.4, 0.5) is 0 Å². The Morgan fingerprint density at radius 3 is 2.52 bits per heavy atom. The molecular formula is C21H17N3O2S. The van der Waals surface area contributed by atoms with Gasteiger partial charge in [0.05, 0.1) is 6.04 Å². The molecule has 5 nitrogen and oxygen atoms in total. The number of nitrogens with zero attached hydrogens (tertiary/aromatic N) is 2. The zero-order valence-corrected chi connectivity index (χ0v) is 15.2. The molecule has 1 unspecified atom stereocenters. The molecule has 0 aliphatic rings. The average molecular weight is 375 g/mol. The van der Waals surface area contributed by atoms with Crippen LogP contribution in [0.5, 0.6) is 0 Å². The Bertz CT molecular complexity index is 1120. The summed E-state index contributed by atoms with van der Waals surface area (Å²) in [7, 11) is 0. The van der Waals surface area contributed by atoms with Crippen molar-refractivity contribution < 1.29 is 4.79 Å². The predicted octanol–water partition coefficient (Wildman–Crippen LogP) is 3.47. The van der Waals surface area contributed by atoms with E-state index in [1.54, 1.807) is 11.6 Å². The topological polar surface area (TPSA) is 63.5 Å². The highest BCUT2D eigenvalue weighted by molar-refractivity contribution is 7.15. The number of carbonyl (C=O) groups is 1. The third-order valence-electron chi connectivity index (χ3n) is 4.38. The van der Waals surface area contributed by atoms with Crippen LogP contribution in [-0.2, 0) is 6.42 Å². The van der Waals surface area contributed by atoms with Gasteiger partial charge < -0.3 is 5.32 Å². The summed E-state index contributed by atoms with van der Waals surface area (Å²) in [6.07, 6.45) is 3.62. The molecule has 2 aromatic heterocycles. The summed E-state index contributed by atoms with van der Waals surface area (Å²) in [5, 5.41) is 4.78. The van der Waals surface area contributed by atoms with Gasteiger partial charge in [-0.05, 0) is 17.5 Å². The summed E-state index contributed by atoms with van der Waals surface area (Å²) in [5.41, 5.74) is 1.78. The van der Waals surface area contributed by atoms with Crippen molar-refractivity contribution in [1.82, 2.24) is 14.7 Å². The Hall–Kier alpha value is -3.25. The lowest BCUT2D eigenvalue weighted by Gasteiger charge is -2.19. The minimum atomic E-state index is -0.419.